The van der Waals surface area contributed by atoms with Gasteiger partial charge in [-0.3, -0.25) is 5.10 Å². The predicted octanol–water partition coefficient (Wildman–Crippen LogP) is 2.94. The van der Waals surface area contributed by atoms with Gasteiger partial charge >= 0.3 is 12.4 Å². The first-order valence-electron chi connectivity index (χ1n) is 7.09. The SMILES string of the molecule is FC(F)(F)c1cnn2c(-c3cnc[nH]3)c(-c3n[nH]c(C(F)(F)F)n3)nc2c1. The number of nitrogens with zero attached hydrogens (tertiary/aromatic N) is 6. The molecule has 140 valence electrons. The average molecular weight is 388 g/mol. The zero-order chi connectivity index (χ0) is 19.4. The number of nitrogens with one attached hydrogen (secondary N) is 2. The van der Waals surface area contributed by atoms with Gasteiger partial charge in [-0.25, -0.2) is 19.5 Å². The first kappa shape index (κ1) is 17.0. The summed E-state index contributed by atoms with van der Waals surface area (Å²) in [5, 5.41) is 8.91. The number of aromatic amines is 2. The maximum atomic E-state index is 12.9. The van der Waals surface area contributed by atoms with Crippen LogP contribution >= 0.6 is 0 Å². The van der Waals surface area contributed by atoms with E-state index < -0.39 is 29.6 Å². The molecule has 4 aromatic heterocycles. The lowest BCUT2D eigenvalue weighted by atomic mass is 10.2. The highest BCUT2D eigenvalue weighted by atomic mass is 19.4. The van der Waals surface area contributed by atoms with E-state index in [1.54, 1.807) is 5.10 Å². The van der Waals surface area contributed by atoms with Gasteiger partial charge in [0.25, 0.3) is 0 Å². The van der Waals surface area contributed by atoms with Crippen LogP contribution in [0, 0.1) is 0 Å². The summed E-state index contributed by atoms with van der Waals surface area (Å²) in [6, 6.07) is 0.716. The Bertz CT molecular complexity index is 1100. The molecule has 14 heteroatoms. The summed E-state index contributed by atoms with van der Waals surface area (Å²) >= 11 is 0. The van der Waals surface area contributed by atoms with Crippen LogP contribution in [0.1, 0.15) is 11.4 Å². The van der Waals surface area contributed by atoms with Crippen LogP contribution in [0.3, 0.4) is 0 Å². The molecule has 0 saturated carbocycles. The van der Waals surface area contributed by atoms with E-state index in [4.69, 9.17) is 0 Å². The largest absolute Gasteiger partial charge is 0.451 e. The maximum absolute atomic E-state index is 12.9. The lowest BCUT2D eigenvalue weighted by molar-refractivity contribution is -0.144. The van der Waals surface area contributed by atoms with Crippen molar-refractivity contribution >= 4 is 5.65 Å². The lowest BCUT2D eigenvalue weighted by Crippen LogP contribution is -2.07. The van der Waals surface area contributed by atoms with Crippen molar-refractivity contribution in [1.82, 2.24) is 39.7 Å². The first-order valence-corrected chi connectivity index (χ1v) is 7.09. The van der Waals surface area contributed by atoms with Gasteiger partial charge in [0.2, 0.25) is 11.6 Å². The summed E-state index contributed by atoms with van der Waals surface area (Å²) in [5.74, 6) is -1.82. The van der Waals surface area contributed by atoms with E-state index >= 15 is 0 Å². The van der Waals surface area contributed by atoms with E-state index in [0.717, 1.165) is 4.52 Å². The minimum absolute atomic E-state index is 0.0592. The molecule has 0 unspecified atom stereocenters. The van der Waals surface area contributed by atoms with E-state index in [9.17, 15) is 26.3 Å². The smallest absolute Gasteiger partial charge is 0.343 e. The molecule has 0 aliphatic rings. The molecule has 4 rings (SSSR count). The first-order chi connectivity index (χ1) is 12.6. The summed E-state index contributed by atoms with van der Waals surface area (Å²) in [6.07, 6.45) is -6.27. The molecule has 4 aromatic rings. The van der Waals surface area contributed by atoms with E-state index in [1.165, 1.54) is 12.5 Å². The summed E-state index contributed by atoms with van der Waals surface area (Å²) < 4.78 is 78.0. The van der Waals surface area contributed by atoms with Gasteiger partial charge in [0.15, 0.2) is 5.65 Å². The molecule has 0 saturated heterocycles. The number of fused-ring (bicyclic) bond motifs is 1. The van der Waals surface area contributed by atoms with Crippen LogP contribution in [0.25, 0.3) is 28.6 Å². The van der Waals surface area contributed by atoms with Gasteiger partial charge < -0.3 is 4.98 Å². The normalized spacial score (nSPS) is 12.8. The molecule has 2 N–H and O–H groups in total. The van der Waals surface area contributed by atoms with Crippen molar-refractivity contribution in [3.05, 3.63) is 36.2 Å². The Hall–Kier alpha value is -3.45. The third-order valence-corrected chi connectivity index (χ3v) is 3.52. The zero-order valence-electron chi connectivity index (χ0n) is 12.8. The topological polar surface area (TPSA) is 100 Å². The summed E-state index contributed by atoms with van der Waals surface area (Å²) in [6.45, 7) is 0. The molecule has 0 aliphatic carbocycles. The molecule has 0 aliphatic heterocycles. The van der Waals surface area contributed by atoms with Crippen LogP contribution in [-0.2, 0) is 12.4 Å². The minimum atomic E-state index is -4.78. The Morgan fingerprint density at radius 3 is 2.33 bits per heavy atom. The average Bonchev–Trinajstić information content (AvgIpc) is 3.30. The van der Waals surface area contributed by atoms with Crippen LogP contribution in [0.15, 0.2) is 24.8 Å². The fraction of sp³-hybridized carbons (Fsp3) is 0.154. The highest BCUT2D eigenvalue weighted by Gasteiger charge is 2.36. The van der Waals surface area contributed by atoms with Gasteiger partial charge in [-0.1, -0.05) is 0 Å². The Kier molecular flexibility index (Phi) is 3.47. The summed E-state index contributed by atoms with van der Waals surface area (Å²) in [4.78, 5) is 13.8. The lowest BCUT2D eigenvalue weighted by Gasteiger charge is -2.06. The van der Waals surface area contributed by atoms with Gasteiger partial charge in [-0.05, 0) is 6.07 Å². The molecule has 0 atom stereocenters. The van der Waals surface area contributed by atoms with Crippen molar-refractivity contribution in [2.75, 3.05) is 0 Å². The van der Waals surface area contributed by atoms with Crippen LogP contribution < -0.4 is 0 Å². The van der Waals surface area contributed by atoms with E-state index in [1.807, 2.05) is 0 Å². The van der Waals surface area contributed by atoms with E-state index in [0.29, 0.717) is 12.3 Å². The van der Waals surface area contributed by atoms with Crippen LogP contribution in [0.5, 0.6) is 0 Å². The number of rotatable bonds is 2. The molecule has 4 heterocycles. The molecule has 0 radical (unpaired) electrons. The van der Waals surface area contributed by atoms with Gasteiger partial charge in [-0.15, -0.1) is 0 Å². The fourth-order valence-electron chi connectivity index (χ4n) is 2.37. The molecule has 0 spiro atoms. The molecular formula is C13H6F6N8. The molecule has 0 aromatic carbocycles. The number of H-pyrrole nitrogens is 2. The van der Waals surface area contributed by atoms with Gasteiger partial charge in [0, 0.05) is 0 Å². The second-order valence-corrected chi connectivity index (χ2v) is 5.29. The van der Waals surface area contributed by atoms with E-state index in [-0.39, 0.29) is 22.7 Å². The molecule has 8 nitrogen and oxygen atoms in total. The molecule has 0 bridgehead atoms. The minimum Gasteiger partial charge on any atom is -0.343 e. The Balaban J connectivity index is 1.96. The van der Waals surface area contributed by atoms with E-state index in [2.05, 4.69) is 30.1 Å². The number of hydrogen-bond donors (Lipinski definition) is 2. The second-order valence-electron chi connectivity index (χ2n) is 5.29. The highest BCUT2D eigenvalue weighted by Crippen LogP contribution is 2.34. The molecule has 0 amide bonds. The third kappa shape index (κ3) is 2.88. The molecule has 0 fully saturated rings. The highest BCUT2D eigenvalue weighted by molar-refractivity contribution is 5.76. The number of hydrogen-bond acceptors (Lipinski definition) is 5. The number of aromatic nitrogens is 8. The van der Waals surface area contributed by atoms with Crippen molar-refractivity contribution in [1.29, 1.82) is 0 Å². The van der Waals surface area contributed by atoms with Crippen LogP contribution in [0.4, 0.5) is 26.3 Å². The van der Waals surface area contributed by atoms with Crippen LogP contribution in [-0.4, -0.2) is 39.7 Å². The Labute approximate surface area is 144 Å². The third-order valence-electron chi connectivity index (χ3n) is 3.52. The van der Waals surface area contributed by atoms with Crippen LogP contribution in [0.2, 0.25) is 0 Å². The Morgan fingerprint density at radius 2 is 1.74 bits per heavy atom. The summed E-state index contributed by atoms with van der Waals surface area (Å²) in [5.41, 5.74) is -1.19. The van der Waals surface area contributed by atoms with Gasteiger partial charge in [0.1, 0.15) is 11.4 Å². The predicted molar refractivity (Wildman–Crippen MR) is 75.9 cm³/mol. The molecular weight excluding hydrogens is 382 g/mol. The molecule has 27 heavy (non-hydrogen) atoms. The maximum Gasteiger partial charge on any atom is 0.451 e. The second kappa shape index (κ2) is 5.52. The van der Waals surface area contributed by atoms with Crippen molar-refractivity contribution in [2.45, 2.75) is 12.4 Å². The fourth-order valence-corrected chi connectivity index (χ4v) is 2.37. The number of alkyl halides is 6. The summed E-state index contributed by atoms with van der Waals surface area (Å²) in [7, 11) is 0. The zero-order valence-corrected chi connectivity index (χ0v) is 12.8. The Morgan fingerprint density at radius 1 is 0.963 bits per heavy atom. The quantitative estimate of drug-likeness (QED) is 0.515. The number of halogens is 6. The van der Waals surface area contributed by atoms with Crippen molar-refractivity contribution in [3.63, 3.8) is 0 Å². The van der Waals surface area contributed by atoms with Crippen molar-refractivity contribution in [3.8, 4) is 22.9 Å². The van der Waals surface area contributed by atoms with Crippen molar-refractivity contribution < 1.29 is 26.3 Å². The van der Waals surface area contributed by atoms with Gasteiger partial charge in [0.05, 0.1) is 30.0 Å². The number of imidazole rings is 2. The standard InChI is InChI=1S/C13H6F6N8/c14-12(15,16)5-1-7-23-8(10-24-11(26-25-10)13(17,18)19)9(27(7)22-2-5)6-3-20-4-21-6/h1-4H,(H,20,21)(H,24,25,26). The monoisotopic (exact) mass is 388 g/mol. The van der Waals surface area contributed by atoms with Gasteiger partial charge in [-0.2, -0.15) is 36.5 Å². The van der Waals surface area contributed by atoms with Crippen molar-refractivity contribution in [2.24, 2.45) is 0 Å².